The monoisotopic (exact) mass is 479 g/mol. The zero-order valence-corrected chi connectivity index (χ0v) is 18.9. The van der Waals surface area contributed by atoms with Gasteiger partial charge in [0.05, 0.1) is 0 Å². The van der Waals surface area contributed by atoms with Gasteiger partial charge in [-0.3, -0.25) is 4.79 Å². The molecule has 1 aliphatic heterocycles. The number of carboxylic acid groups (broad SMARTS) is 1. The summed E-state index contributed by atoms with van der Waals surface area (Å²) in [4.78, 5) is 13.1. The van der Waals surface area contributed by atoms with Crippen molar-refractivity contribution in [2.45, 2.75) is 34.8 Å². The summed E-state index contributed by atoms with van der Waals surface area (Å²) in [6.45, 7) is -0.244. The lowest BCUT2D eigenvalue weighted by atomic mass is 9.88. The molecular formula is C22H22ClNO5S2. The van der Waals surface area contributed by atoms with E-state index in [0.717, 1.165) is 10.5 Å². The highest BCUT2D eigenvalue weighted by Gasteiger charge is 2.74. The van der Waals surface area contributed by atoms with Crippen molar-refractivity contribution in [1.29, 1.82) is 0 Å². The summed E-state index contributed by atoms with van der Waals surface area (Å²) >= 11 is 7.12. The molecule has 1 fully saturated rings. The van der Waals surface area contributed by atoms with Crippen LogP contribution in [0.2, 0.25) is 5.02 Å². The number of hydrogen-bond donors (Lipinski definition) is 3. The largest absolute Gasteiger partial charge is 0.480 e. The van der Waals surface area contributed by atoms with Crippen LogP contribution in [0, 0.1) is 0 Å². The van der Waals surface area contributed by atoms with E-state index in [1.165, 1.54) is 11.8 Å². The number of carboxylic acids is 1. The van der Waals surface area contributed by atoms with Crippen LogP contribution in [0.1, 0.15) is 30.4 Å². The maximum Gasteiger partial charge on any atom is 0.325 e. The third kappa shape index (κ3) is 3.91. The number of sulfonamides is 1. The summed E-state index contributed by atoms with van der Waals surface area (Å²) in [5, 5.41) is 20.3. The van der Waals surface area contributed by atoms with E-state index in [4.69, 9.17) is 11.6 Å². The van der Waals surface area contributed by atoms with E-state index >= 15 is 0 Å². The van der Waals surface area contributed by atoms with Gasteiger partial charge in [-0.25, -0.2) is 8.42 Å². The van der Waals surface area contributed by atoms with Crippen LogP contribution in [0.3, 0.4) is 0 Å². The van der Waals surface area contributed by atoms with Gasteiger partial charge >= 0.3 is 5.97 Å². The quantitative estimate of drug-likeness (QED) is 0.534. The fourth-order valence-corrected chi connectivity index (χ4v) is 7.70. The second kappa shape index (κ2) is 8.26. The fourth-order valence-electron chi connectivity index (χ4n) is 4.35. The van der Waals surface area contributed by atoms with Crippen molar-refractivity contribution in [3.8, 4) is 0 Å². The Kier molecular flexibility index (Phi) is 5.95. The lowest BCUT2D eigenvalue weighted by Gasteiger charge is -2.25. The molecule has 0 saturated heterocycles. The van der Waals surface area contributed by atoms with E-state index < -0.39 is 31.5 Å². The third-order valence-electron chi connectivity index (χ3n) is 6.03. The van der Waals surface area contributed by atoms with Gasteiger partial charge in [-0.05, 0) is 42.5 Å². The number of allylic oxidation sites excluding steroid dienone is 1. The Labute approximate surface area is 190 Å². The Morgan fingerprint density at radius 3 is 2.45 bits per heavy atom. The predicted molar refractivity (Wildman–Crippen MR) is 122 cm³/mol. The standard InChI is InChI=1S/C22H22ClNO5S2/c23-17-8-6-15(7-9-17)18-10-11-19(30-18)31(28,29)24-22(20(26)27)14-21(22,12-13-25)16-4-2-1-3-5-16/h1-10,19,24-25H,11-14H2,(H,26,27). The Morgan fingerprint density at radius 2 is 1.84 bits per heavy atom. The fraction of sp³-hybridized carbons (Fsp3) is 0.318. The first-order valence-electron chi connectivity index (χ1n) is 9.79. The van der Waals surface area contributed by atoms with Crippen molar-refractivity contribution in [3.05, 3.63) is 76.8 Å². The summed E-state index contributed by atoms with van der Waals surface area (Å²) in [5.74, 6) is -1.23. The van der Waals surface area contributed by atoms with Gasteiger partial charge in [0, 0.05) is 21.9 Å². The van der Waals surface area contributed by atoms with E-state index in [1.807, 2.05) is 24.3 Å². The Balaban J connectivity index is 1.58. The minimum absolute atomic E-state index is 0.0913. The van der Waals surface area contributed by atoms with E-state index in [0.29, 0.717) is 10.6 Å². The number of benzene rings is 2. The van der Waals surface area contributed by atoms with Gasteiger partial charge in [0.1, 0.15) is 10.1 Å². The van der Waals surface area contributed by atoms with Crippen molar-refractivity contribution in [1.82, 2.24) is 4.72 Å². The number of nitrogens with one attached hydrogen (secondary N) is 1. The zero-order chi connectivity index (χ0) is 22.3. The predicted octanol–water partition coefficient (Wildman–Crippen LogP) is 3.61. The molecule has 9 heteroatoms. The summed E-state index contributed by atoms with van der Waals surface area (Å²) in [6.07, 6.45) is 2.36. The molecule has 0 bridgehead atoms. The van der Waals surface area contributed by atoms with E-state index in [2.05, 4.69) is 4.72 Å². The summed E-state index contributed by atoms with van der Waals surface area (Å²) in [5.41, 5.74) is -1.10. The Morgan fingerprint density at radius 1 is 1.16 bits per heavy atom. The number of aliphatic carboxylic acids is 1. The van der Waals surface area contributed by atoms with Gasteiger partial charge in [0.2, 0.25) is 10.0 Å². The lowest BCUT2D eigenvalue weighted by Crippen LogP contribution is -2.51. The average Bonchev–Trinajstić information content (AvgIpc) is 3.12. The molecule has 3 unspecified atom stereocenters. The van der Waals surface area contributed by atoms with Crippen molar-refractivity contribution >= 4 is 44.3 Å². The first-order chi connectivity index (χ1) is 14.7. The Hall–Kier alpha value is -1.84. The molecule has 3 atom stereocenters. The van der Waals surface area contributed by atoms with Crippen molar-refractivity contribution in [3.63, 3.8) is 0 Å². The highest BCUT2D eigenvalue weighted by molar-refractivity contribution is 8.18. The molecule has 6 nitrogen and oxygen atoms in total. The minimum atomic E-state index is -3.97. The van der Waals surface area contributed by atoms with Crippen LogP contribution in [-0.2, 0) is 20.2 Å². The summed E-state index contributed by atoms with van der Waals surface area (Å²) < 4.78 is 28.2. The molecule has 3 N–H and O–H groups in total. The Bertz CT molecular complexity index is 1120. The third-order valence-corrected chi connectivity index (χ3v) is 9.96. The molecule has 164 valence electrons. The first kappa shape index (κ1) is 22.4. The minimum Gasteiger partial charge on any atom is -0.480 e. The molecule has 4 rings (SSSR count). The van der Waals surface area contributed by atoms with Gasteiger partial charge in [-0.1, -0.05) is 60.1 Å². The number of aliphatic hydroxyl groups excluding tert-OH is 1. The van der Waals surface area contributed by atoms with Crippen LogP contribution < -0.4 is 4.72 Å². The average molecular weight is 480 g/mol. The highest BCUT2D eigenvalue weighted by atomic mass is 35.5. The maximum atomic E-state index is 13.2. The molecule has 1 saturated carbocycles. The smallest absolute Gasteiger partial charge is 0.325 e. The molecule has 31 heavy (non-hydrogen) atoms. The molecule has 0 aromatic heterocycles. The zero-order valence-electron chi connectivity index (χ0n) is 16.5. The van der Waals surface area contributed by atoms with Gasteiger partial charge in [-0.2, -0.15) is 4.72 Å². The van der Waals surface area contributed by atoms with E-state index in [-0.39, 0.29) is 25.9 Å². The highest BCUT2D eigenvalue weighted by Crippen LogP contribution is 2.61. The molecule has 0 radical (unpaired) electrons. The number of carbonyl (C=O) groups is 1. The van der Waals surface area contributed by atoms with Crippen molar-refractivity contribution in [2.24, 2.45) is 0 Å². The van der Waals surface area contributed by atoms with Gasteiger partial charge in [0.15, 0.2) is 0 Å². The molecular weight excluding hydrogens is 458 g/mol. The molecule has 1 aliphatic carbocycles. The van der Waals surface area contributed by atoms with E-state index in [1.54, 1.807) is 36.4 Å². The van der Waals surface area contributed by atoms with Gasteiger partial charge in [0.25, 0.3) is 0 Å². The number of aliphatic hydroxyl groups is 1. The SMILES string of the molecule is O=C(O)C1(NS(=O)(=O)C2CC=C(c3ccc(Cl)cc3)S2)CC1(CCO)c1ccccc1. The van der Waals surface area contributed by atoms with Crippen LogP contribution in [0.5, 0.6) is 0 Å². The lowest BCUT2D eigenvalue weighted by molar-refractivity contribution is -0.140. The van der Waals surface area contributed by atoms with Crippen LogP contribution in [0.25, 0.3) is 4.91 Å². The molecule has 2 aliphatic rings. The molecule has 2 aromatic carbocycles. The second-order valence-corrected chi connectivity index (χ2v) is 11.7. The number of thioether (sulfide) groups is 1. The van der Waals surface area contributed by atoms with Crippen molar-refractivity contribution in [2.75, 3.05) is 6.61 Å². The van der Waals surface area contributed by atoms with Crippen LogP contribution in [0.4, 0.5) is 0 Å². The van der Waals surface area contributed by atoms with Crippen LogP contribution >= 0.6 is 23.4 Å². The second-order valence-electron chi connectivity index (χ2n) is 7.81. The molecule has 2 aromatic rings. The van der Waals surface area contributed by atoms with Crippen LogP contribution in [0.15, 0.2) is 60.7 Å². The number of hydrogen-bond acceptors (Lipinski definition) is 5. The van der Waals surface area contributed by atoms with Crippen molar-refractivity contribution < 1.29 is 23.4 Å². The van der Waals surface area contributed by atoms with Gasteiger partial charge < -0.3 is 10.2 Å². The van der Waals surface area contributed by atoms with E-state index in [9.17, 15) is 23.4 Å². The van der Waals surface area contributed by atoms with Crippen LogP contribution in [-0.4, -0.2) is 41.3 Å². The number of rotatable bonds is 8. The molecule has 0 amide bonds. The topological polar surface area (TPSA) is 104 Å². The summed E-state index contributed by atoms with van der Waals surface area (Å²) in [7, 11) is -3.97. The molecule has 0 spiro atoms. The summed E-state index contributed by atoms with van der Waals surface area (Å²) in [6, 6.07) is 16.1. The first-order valence-corrected chi connectivity index (χ1v) is 12.6. The maximum absolute atomic E-state index is 13.2. The van der Waals surface area contributed by atoms with Gasteiger partial charge in [-0.15, -0.1) is 11.8 Å². The number of halogens is 1. The molecule has 1 heterocycles. The normalized spacial score (nSPS) is 27.7.